The van der Waals surface area contributed by atoms with E-state index in [-0.39, 0.29) is 11.3 Å². The number of aliphatic carboxylic acids is 1. The molecule has 3 aromatic rings. The first-order valence-electron chi connectivity index (χ1n) is 10.6. The number of rotatable bonds is 12. The molecule has 2 aromatic carbocycles. The lowest BCUT2D eigenvalue weighted by atomic mass is 9.94. The van der Waals surface area contributed by atoms with Gasteiger partial charge in [-0.2, -0.15) is 4.72 Å². The summed E-state index contributed by atoms with van der Waals surface area (Å²) in [5, 5.41) is 9.78. The van der Waals surface area contributed by atoms with E-state index in [0.717, 1.165) is 32.3 Å². The van der Waals surface area contributed by atoms with Gasteiger partial charge in [0.2, 0.25) is 10.0 Å². The number of benzene rings is 2. The smallest absolute Gasteiger partial charge is 0.324 e. The monoisotopic (exact) mass is 492 g/mol. The first-order chi connectivity index (χ1) is 15.2. The molecule has 9 heteroatoms. The van der Waals surface area contributed by atoms with Gasteiger partial charge in [-0.3, -0.25) is 4.79 Å². The SMILES string of the molecule is CCCCCCSc1nc2ccc(S(=O)(=O)NC(C)(Cc3ccccc3)C(=O)O)cc2s1. The minimum atomic E-state index is -4.05. The molecule has 0 saturated carbocycles. The highest BCUT2D eigenvalue weighted by molar-refractivity contribution is 8.01. The quantitative estimate of drug-likeness (QED) is 0.262. The molecule has 0 radical (unpaired) electrons. The van der Waals surface area contributed by atoms with Gasteiger partial charge >= 0.3 is 5.97 Å². The Labute approximate surface area is 197 Å². The zero-order valence-electron chi connectivity index (χ0n) is 18.2. The van der Waals surface area contributed by atoms with Crippen LogP contribution in [-0.2, 0) is 21.2 Å². The van der Waals surface area contributed by atoms with Crippen LogP contribution < -0.4 is 4.72 Å². The highest BCUT2D eigenvalue weighted by Crippen LogP contribution is 2.32. The standard InChI is InChI=1S/C23H28N2O4S3/c1-3-4-5-9-14-30-22-24-19-13-12-18(15-20(19)31-22)32(28,29)25-23(2,21(26)27)16-17-10-7-6-8-11-17/h6-8,10-13,15,25H,3-5,9,14,16H2,1-2H3,(H,26,27). The van der Waals surface area contributed by atoms with Crippen molar-refractivity contribution in [1.82, 2.24) is 9.71 Å². The lowest BCUT2D eigenvalue weighted by Crippen LogP contribution is -2.53. The van der Waals surface area contributed by atoms with Gasteiger partial charge < -0.3 is 5.11 Å². The zero-order chi connectivity index (χ0) is 23.2. The van der Waals surface area contributed by atoms with Crippen molar-refractivity contribution in [2.75, 3.05) is 5.75 Å². The fraction of sp³-hybridized carbons (Fsp3) is 0.391. The van der Waals surface area contributed by atoms with Crippen LogP contribution in [0.3, 0.4) is 0 Å². The first-order valence-corrected chi connectivity index (χ1v) is 13.9. The van der Waals surface area contributed by atoms with Crippen LogP contribution >= 0.6 is 23.1 Å². The van der Waals surface area contributed by atoms with Gasteiger partial charge in [0.25, 0.3) is 0 Å². The van der Waals surface area contributed by atoms with Crippen molar-refractivity contribution in [3.63, 3.8) is 0 Å². The maximum Gasteiger partial charge on any atom is 0.324 e. The Kier molecular flexibility index (Phi) is 8.32. The van der Waals surface area contributed by atoms with Crippen LogP contribution in [0.15, 0.2) is 57.8 Å². The highest BCUT2D eigenvalue weighted by atomic mass is 32.2. The van der Waals surface area contributed by atoms with Crippen LogP contribution in [0, 0.1) is 0 Å². The molecule has 1 unspecified atom stereocenters. The molecule has 0 fully saturated rings. The molecule has 0 aliphatic heterocycles. The summed E-state index contributed by atoms with van der Waals surface area (Å²) in [4.78, 5) is 16.6. The predicted octanol–water partition coefficient (Wildman–Crippen LogP) is 5.33. The maximum atomic E-state index is 13.1. The number of thioether (sulfide) groups is 1. The van der Waals surface area contributed by atoms with Crippen LogP contribution in [0.5, 0.6) is 0 Å². The van der Waals surface area contributed by atoms with Crippen molar-refractivity contribution >= 4 is 49.3 Å². The Hall–Kier alpha value is -1.94. The van der Waals surface area contributed by atoms with Crippen LogP contribution in [0.4, 0.5) is 0 Å². The number of thiazole rings is 1. The molecule has 0 aliphatic rings. The summed E-state index contributed by atoms with van der Waals surface area (Å²) < 4.78 is 30.2. The van der Waals surface area contributed by atoms with Gasteiger partial charge in [0.05, 0.1) is 15.1 Å². The number of nitrogens with one attached hydrogen (secondary N) is 1. The van der Waals surface area contributed by atoms with Gasteiger partial charge in [0.1, 0.15) is 5.54 Å². The number of carbonyl (C=O) groups is 1. The fourth-order valence-corrected chi connectivity index (χ4v) is 6.96. The molecule has 3 rings (SSSR count). The molecule has 0 spiro atoms. The molecule has 172 valence electrons. The van der Waals surface area contributed by atoms with E-state index in [1.165, 1.54) is 43.6 Å². The number of carboxylic acids is 1. The summed E-state index contributed by atoms with van der Waals surface area (Å²) in [7, 11) is -4.05. The van der Waals surface area contributed by atoms with Crippen molar-refractivity contribution in [2.45, 2.75) is 60.7 Å². The molecule has 0 amide bonds. The minimum absolute atomic E-state index is 0.0318. The second-order valence-corrected chi connectivity index (χ2v) is 12.0. The number of sulfonamides is 1. The number of hydrogen-bond acceptors (Lipinski definition) is 6. The average molecular weight is 493 g/mol. The molecule has 0 saturated heterocycles. The van der Waals surface area contributed by atoms with Crippen molar-refractivity contribution in [2.24, 2.45) is 0 Å². The maximum absolute atomic E-state index is 13.1. The average Bonchev–Trinajstić information content (AvgIpc) is 3.16. The predicted molar refractivity (Wildman–Crippen MR) is 131 cm³/mol. The van der Waals surface area contributed by atoms with Gasteiger partial charge in [-0.25, -0.2) is 13.4 Å². The summed E-state index contributed by atoms with van der Waals surface area (Å²) >= 11 is 3.15. The van der Waals surface area contributed by atoms with E-state index >= 15 is 0 Å². The van der Waals surface area contributed by atoms with E-state index in [1.807, 2.05) is 6.07 Å². The molecule has 32 heavy (non-hydrogen) atoms. The van der Waals surface area contributed by atoms with Crippen LogP contribution in [-0.4, -0.2) is 35.8 Å². The molecule has 1 heterocycles. The van der Waals surface area contributed by atoms with Crippen LogP contribution in [0.25, 0.3) is 10.2 Å². The van der Waals surface area contributed by atoms with Crippen molar-refractivity contribution in [3.05, 3.63) is 54.1 Å². The Bertz CT molecular complexity index is 1160. The fourth-order valence-electron chi connectivity index (χ4n) is 3.32. The minimum Gasteiger partial charge on any atom is -0.480 e. The zero-order valence-corrected chi connectivity index (χ0v) is 20.7. The summed E-state index contributed by atoms with van der Waals surface area (Å²) in [5.74, 6) is -0.242. The van der Waals surface area contributed by atoms with E-state index in [0.29, 0.717) is 0 Å². The van der Waals surface area contributed by atoms with Gasteiger partial charge in [-0.15, -0.1) is 11.3 Å². The van der Waals surface area contributed by atoms with Crippen molar-refractivity contribution in [1.29, 1.82) is 0 Å². The first kappa shape index (κ1) is 24.7. The lowest BCUT2D eigenvalue weighted by Gasteiger charge is -2.26. The van der Waals surface area contributed by atoms with E-state index < -0.39 is 21.5 Å². The molecule has 2 N–H and O–H groups in total. The van der Waals surface area contributed by atoms with Gasteiger partial charge in [0, 0.05) is 12.2 Å². The highest BCUT2D eigenvalue weighted by Gasteiger charge is 2.38. The second kappa shape index (κ2) is 10.8. The van der Waals surface area contributed by atoms with E-state index in [4.69, 9.17) is 0 Å². The Morgan fingerprint density at radius 3 is 2.59 bits per heavy atom. The third-order valence-corrected chi connectivity index (χ3v) is 8.95. The molecule has 0 bridgehead atoms. The van der Waals surface area contributed by atoms with Crippen molar-refractivity contribution < 1.29 is 18.3 Å². The number of carboxylic acid groups (broad SMARTS) is 1. The lowest BCUT2D eigenvalue weighted by molar-refractivity contribution is -0.143. The summed E-state index contributed by atoms with van der Waals surface area (Å²) in [5.41, 5.74) is -0.198. The number of nitrogens with zero attached hydrogens (tertiary/aromatic N) is 1. The van der Waals surface area contributed by atoms with E-state index in [9.17, 15) is 18.3 Å². The third kappa shape index (κ3) is 6.31. The van der Waals surface area contributed by atoms with Gasteiger partial charge in [0.15, 0.2) is 4.34 Å². The Morgan fingerprint density at radius 1 is 1.16 bits per heavy atom. The number of aromatic nitrogens is 1. The summed E-state index contributed by atoms with van der Waals surface area (Å²) in [6.07, 6.45) is 4.79. The van der Waals surface area contributed by atoms with Gasteiger partial charge in [-0.1, -0.05) is 68.3 Å². The Balaban J connectivity index is 1.77. The number of hydrogen-bond donors (Lipinski definition) is 2. The number of unbranched alkanes of at least 4 members (excludes halogenated alkanes) is 3. The molecular formula is C23H28N2O4S3. The van der Waals surface area contributed by atoms with E-state index in [1.54, 1.807) is 48.2 Å². The molecule has 1 aromatic heterocycles. The van der Waals surface area contributed by atoms with Crippen LogP contribution in [0.1, 0.15) is 45.1 Å². The van der Waals surface area contributed by atoms with Gasteiger partial charge in [-0.05, 0) is 37.1 Å². The van der Waals surface area contributed by atoms with Crippen LogP contribution in [0.2, 0.25) is 0 Å². The normalized spacial score (nSPS) is 13.8. The molecular weight excluding hydrogens is 464 g/mol. The molecule has 1 atom stereocenters. The Morgan fingerprint density at radius 2 is 1.91 bits per heavy atom. The largest absolute Gasteiger partial charge is 0.480 e. The third-order valence-electron chi connectivity index (χ3n) is 5.11. The summed E-state index contributed by atoms with van der Waals surface area (Å²) in [6, 6.07) is 13.7. The van der Waals surface area contributed by atoms with Crippen molar-refractivity contribution in [3.8, 4) is 0 Å². The molecule has 6 nitrogen and oxygen atoms in total. The van der Waals surface area contributed by atoms with E-state index in [2.05, 4.69) is 16.6 Å². The number of fused-ring (bicyclic) bond motifs is 1. The molecule has 0 aliphatic carbocycles. The second-order valence-electron chi connectivity index (χ2n) is 7.92. The summed E-state index contributed by atoms with van der Waals surface area (Å²) in [6.45, 7) is 3.57. The topological polar surface area (TPSA) is 96.4 Å².